The molecule has 1 aliphatic rings. The van der Waals surface area contributed by atoms with Crippen molar-refractivity contribution in [1.29, 1.82) is 0 Å². The van der Waals surface area contributed by atoms with E-state index < -0.39 is 5.97 Å². The summed E-state index contributed by atoms with van der Waals surface area (Å²) in [6, 6.07) is 6.19. The molecular formula is C16H17NO3. The molecule has 0 aliphatic heterocycles. The molecule has 1 aliphatic carbocycles. The number of aryl methyl sites for hydroxylation is 1. The first kappa shape index (κ1) is 12.9. The van der Waals surface area contributed by atoms with Crippen molar-refractivity contribution in [3.8, 4) is 0 Å². The van der Waals surface area contributed by atoms with Crippen LogP contribution in [0.1, 0.15) is 41.7 Å². The van der Waals surface area contributed by atoms with Crippen LogP contribution >= 0.6 is 0 Å². The van der Waals surface area contributed by atoms with Crippen LogP contribution in [0.3, 0.4) is 0 Å². The minimum absolute atomic E-state index is 0.136. The number of carbonyl (C=O) groups is 1. The van der Waals surface area contributed by atoms with Crippen molar-refractivity contribution in [3.05, 3.63) is 45.7 Å². The number of aromatic nitrogens is 1. The fraction of sp³-hybridized carbons (Fsp3) is 0.375. The van der Waals surface area contributed by atoms with E-state index in [0.717, 1.165) is 23.9 Å². The highest BCUT2D eigenvalue weighted by molar-refractivity contribution is 5.94. The summed E-state index contributed by atoms with van der Waals surface area (Å²) in [6.07, 6.45) is 3.85. The molecule has 0 N–H and O–H groups in total. The van der Waals surface area contributed by atoms with Crippen LogP contribution in [0.4, 0.5) is 0 Å². The van der Waals surface area contributed by atoms with Gasteiger partial charge in [0.05, 0.1) is 12.1 Å². The van der Waals surface area contributed by atoms with Gasteiger partial charge in [0.2, 0.25) is 5.43 Å². The van der Waals surface area contributed by atoms with E-state index in [9.17, 15) is 9.59 Å². The Morgan fingerprint density at radius 3 is 2.80 bits per heavy atom. The second-order valence-corrected chi connectivity index (χ2v) is 5.25. The van der Waals surface area contributed by atoms with Gasteiger partial charge in [-0.05, 0) is 38.8 Å². The molecule has 104 valence electrons. The lowest BCUT2D eigenvalue weighted by Gasteiger charge is -2.12. The molecule has 1 aromatic heterocycles. The second-order valence-electron chi connectivity index (χ2n) is 5.25. The van der Waals surface area contributed by atoms with Crippen LogP contribution in [0, 0.1) is 6.92 Å². The number of ether oxygens (including phenoxy) is 1. The van der Waals surface area contributed by atoms with Gasteiger partial charge in [-0.25, -0.2) is 4.79 Å². The normalized spacial score (nSPS) is 14.5. The zero-order chi connectivity index (χ0) is 14.3. The minimum atomic E-state index is -0.532. The fourth-order valence-electron chi connectivity index (χ4n) is 2.48. The molecule has 0 atom stereocenters. The Hall–Kier alpha value is -2.10. The summed E-state index contributed by atoms with van der Waals surface area (Å²) in [7, 11) is 0. The molecule has 1 fully saturated rings. The predicted octanol–water partition coefficient (Wildman–Crippen LogP) is 2.82. The molecule has 0 saturated heterocycles. The van der Waals surface area contributed by atoms with Crippen molar-refractivity contribution in [2.24, 2.45) is 0 Å². The second kappa shape index (κ2) is 4.78. The largest absolute Gasteiger partial charge is 0.462 e. The highest BCUT2D eigenvalue weighted by Crippen LogP contribution is 2.37. The van der Waals surface area contributed by atoms with Crippen LogP contribution in [-0.4, -0.2) is 17.1 Å². The van der Waals surface area contributed by atoms with Crippen LogP contribution in [0.15, 0.2) is 29.2 Å². The summed E-state index contributed by atoms with van der Waals surface area (Å²) < 4.78 is 7.03. The van der Waals surface area contributed by atoms with Crippen LogP contribution in [0.5, 0.6) is 0 Å². The van der Waals surface area contributed by atoms with E-state index in [2.05, 4.69) is 0 Å². The maximum Gasteiger partial charge on any atom is 0.343 e. The third kappa shape index (κ3) is 2.11. The van der Waals surface area contributed by atoms with Crippen molar-refractivity contribution in [1.82, 2.24) is 4.57 Å². The SMILES string of the molecule is CCOC(=O)c1cn(C2CC2)c2ccc(C)cc2c1=O. The summed E-state index contributed by atoms with van der Waals surface area (Å²) in [6.45, 7) is 3.95. The fourth-order valence-corrected chi connectivity index (χ4v) is 2.48. The zero-order valence-electron chi connectivity index (χ0n) is 11.7. The Morgan fingerprint density at radius 2 is 2.15 bits per heavy atom. The summed E-state index contributed by atoms with van der Waals surface area (Å²) in [5.74, 6) is -0.532. The molecule has 2 aromatic rings. The number of nitrogens with zero attached hydrogens (tertiary/aromatic N) is 1. The van der Waals surface area contributed by atoms with E-state index in [1.54, 1.807) is 13.1 Å². The topological polar surface area (TPSA) is 48.3 Å². The Bertz CT molecular complexity index is 741. The minimum Gasteiger partial charge on any atom is -0.462 e. The maximum atomic E-state index is 12.5. The molecule has 4 nitrogen and oxygen atoms in total. The molecule has 20 heavy (non-hydrogen) atoms. The molecule has 3 rings (SSSR count). The monoisotopic (exact) mass is 271 g/mol. The number of esters is 1. The maximum absolute atomic E-state index is 12.5. The third-order valence-corrected chi connectivity index (χ3v) is 3.62. The van der Waals surface area contributed by atoms with Gasteiger partial charge in [0.15, 0.2) is 0 Å². The first-order valence-corrected chi connectivity index (χ1v) is 6.94. The average Bonchev–Trinajstić information content (AvgIpc) is 3.24. The molecule has 1 saturated carbocycles. The van der Waals surface area contributed by atoms with Gasteiger partial charge in [0.25, 0.3) is 0 Å². The lowest BCUT2D eigenvalue weighted by molar-refractivity contribution is 0.0524. The van der Waals surface area contributed by atoms with Crippen molar-refractivity contribution in [2.45, 2.75) is 32.7 Å². The quantitative estimate of drug-likeness (QED) is 0.806. The molecule has 4 heteroatoms. The highest BCUT2D eigenvalue weighted by atomic mass is 16.5. The van der Waals surface area contributed by atoms with E-state index >= 15 is 0 Å². The summed E-state index contributed by atoms with van der Waals surface area (Å²) in [4.78, 5) is 24.4. The van der Waals surface area contributed by atoms with Crippen LogP contribution in [0.25, 0.3) is 10.9 Å². The van der Waals surface area contributed by atoms with Crippen molar-refractivity contribution in [2.75, 3.05) is 6.61 Å². The van der Waals surface area contributed by atoms with Crippen LogP contribution in [-0.2, 0) is 4.74 Å². The number of rotatable bonds is 3. The van der Waals surface area contributed by atoms with Gasteiger partial charge in [0.1, 0.15) is 5.56 Å². The average molecular weight is 271 g/mol. The van der Waals surface area contributed by atoms with E-state index in [1.165, 1.54) is 0 Å². The summed E-state index contributed by atoms with van der Waals surface area (Å²) >= 11 is 0. The zero-order valence-corrected chi connectivity index (χ0v) is 11.7. The third-order valence-electron chi connectivity index (χ3n) is 3.62. The van der Waals surface area contributed by atoms with Gasteiger partial charge in [-0.15, -0.1) is 0 Å². The van der Waals surface area contributed by atoms with Crippen molar-refractivity contribution < 1.29 is 9.53 Å². The number of fused-ring (bicyclic) bond motifs is 1. The molecule has 0 amide bonds. The predicted molar refractivity (Wildman–Crippen MR) is 77.2 cm³/mol. The van der Waals surface area contributed by atoms with Crippen molar-refractivity contribution in [3.63, 3.8) is 0 Å². The standard InChI is InChI=1S/C16H17NO3/c1-3-20-16(19)13-9-17(11-5-6-11)14-7-4-10(2)8-12(14)15(13)18/h4,7-9,11H,3,5-6H2,1-2H3. The molecule has 0 bridgehead atoms. The molecule has 0 unspecified atom stereocenters. The number of carbonyl (C=O) groups excluding carboxylic acids is 1. The number of benzene rings is 1. The first-order valence-electron chi connectivity index (χ1n) is 6.94. The van der Waals surface area contributed by atoms with Gasteiger partial charge in [-0.1, -0.05) is 11.6 Å². The van der Waals surface area contributed by atoms with Gasteiger partial charge in [-0.2, -0.15) is 0 Å². The van der Waals surface area contributed by atoms with E-state index in [0.29, 0.717) is 11.4 Å². The smallest absolute Gasteiger partial charge is 0.343 e. The highest BCUT2D eigenvalue weighted by Gasteiger charge is 2.26. The van der Waals surface area contributed by atoms with Gasteiger partial charge in [0, 0.05) is 17.6 Å². The Kier molecular flexibility index (Phi) is 3.08. The molecule has 0 radical (unpaired) electrons. The number of hydrogen-bond donors (Lipinski definition) is 0. The number of pyridine rings is 1. The Balaban J connectivity index is 2.28. The molecule has 1 aromatic carbocycles. The molecular weight excluding hydrogens is 254 g/mol. The van der Waals surface area contributed by atoms with E-state index in [1.807, 2.05) is 29.7 Å². The van der Waals surface area contributed by atoms with Gasteiger partial charge < -0.3 is 9.30 Å². The van der Waals surface area contributed by atoms with Crippen LogP contribution < -0.4 is 5.43 Å². The Labute approximate surface area is 117 Å². The van der Waals surface area contributed by atoms with Crippen molar-refractivity contribution >= 4 is 16.9 Å². The van der Waals surface area contributed by atoms with Crippen LogP contribution in [0.2, 0.25) is 0 Å². The lowest BCUT2D eigenvalue weighted by atomic mass is 10.1. The first-order chi connectivity index (χ1) is 9.61. The summed E-state index contributed by atoms with van der Waals surface area (Å²) in [5.41, 5.74) is 1.81. The van der Waals surface area contributed by atoms with E-state index in [-0.39, 0.29) is 17.6 Å². The molecule has 1 heterocycles. The number of hydrogen-bond acceptors (Lipinski definition) is 3. The van der Waals surface area contributed by atoms with Gasteiger partial charge >= 0.3 is 5.97 Å². The van der Waals surface area contributed by atoms with E-state index in [4.69, 9.17) is 4.74 Å². The lowest BCUT2D eigenvalue weighted by Crippen LogP contribution is -2.20. The molecule has 0 spiro atoms. The summed E-state index contributed by atoms with van der Waals surface area (Å²) in [5, 5.41) is 0.599. The Morgan fingerprint density at radius 1 is 1.40 bits per heavy atom. The van der Waals surface area contributed by atoms with Gasteiger partial charge in [-0.3, -0.25) is 4.79 Å².